The van der Waals surface area contributed by atoms with Crippen LogP contribution in [0.3, 0.4) is 0 Å². The Morgan fingerprint density at radius 3 is 3.00 bits per heavy atom. The Bertz CT molecular complexity index is 739. The van der Waals surface area contributed by atoms with Crippen LogP contribution in [-0.4, -0.2) is 30.6 Å². The molecule has 21 heavy (non-hydrogen) atoms. The van der Waals surface area contributed by atoms with Crippen LogP contribution in [0.1, 0.15) is 12.5 Å². The third-order valence-electron chi connectivity index (χ3n) is 3.59. The standard InChI is InChI=1S/C14H18N4O2S/c1-2-18-9-14(16-10-18)21(19,20)17-12-7-11-5-3-4-6-13(11)15-8-12/h3-6,9-10,12,15,17H,2,7-8H2,1H3. The summed E-state index contributed by atoms with van der Waals surface area (Å²) in [7, 11) is -3.57. The van der Waals surface area contributed by atoms with Gasteiger partial charge in [0.25, 0.3) is 10.0 Å². The fourth-order valence-corrected chi connectivity index (χ4v) is 3.64. The van der Waals surface area contributed by atoms with Crippen molar-refractivity contribution >= 4 is 15.7 Å². The molecular weight excluding hydrogens is 288 g/mol. The molecule has 1 aromatic carbocycles. The average molecular weight is 306 g/mol. The number of aromatic nitrogens is 2. The Kier molecular flexibility index (Phi) is 3.69. The van der Waals surface area contributed by atoms with Gasteiger partial charge in [0, 0.05) is 31.0 Å². The Morgan fingerprint density at radius 2 is 2.24 bits per heavy atom. The molecule has 1 aromatic heterocycles. The first-order valence-corrected chi connectivity index (χ1v) is 8.42. The highest BCUT2D eigenvalue weighted by molar-refractivity contribution is 7.89. The van der Waals surface area contributed by atoms with Crippen LogP contribution in [-0.2, 0) is 23.0 Å². The Hall–Kier alpha value is -1.86. The van der Waals surface area contributed by atoms with Gasteiger partial charge < -0.3 is 9.88 Å². The van der Waals surface area contributed by atoms with E-state index in [4.69, 9.17) is 0 Å². The summed E-state index contributed by atoms with van der Waals surface area (Å²) < 4.78 is 29.1. The molecule has 0 bridgehead atoms. The first kappa shape index (κ1) is 14.1. The van der Waals surface area contributed by atoms with Crippen molar-refractivity contribution in [1.29, 1.82) is 0 Å². The van der Waals surface area contributed by atoms with Gasteiger partial charge in [0.15, 0.2) is 5.03 Å². The molecule has 112 valence electrons. The number of rotatable bonds is 4. The highest BCUT2D eigenvalue weighted by Gasteiger charge is 2.25. The normalized spacial score (nSPS) is 18.0. The smallest absolute Gasteiger partial charge is 0.259 e. The number of hydrogen-bond acceptors (Lipinski definition) is 4. The van der Waals surface area contributed by atoms with E-state index in [1.165, 1.54) is 6.33 Å². The number of fused-ring (bicyclic) bond motifs is 1. The summed E-state index contributed by atoms with van der Waals surface area (Å²) in [6, 6.07) is 7.77. The van der Waals surface area contributed by atoms with Crippen molar-refractivity contribution < 1.29 is 8.42 Å². The topological polar surface area (TPSA) is 76.0 Å². The number of nitrogens with one attached hydrogen (secondary N) is 2. The summed E-state index contributed by atoms with van der Waals surface area (Å²) in [6.07, 6.45) is 3.76. The zero-order valence-corrected chi connectivity index (χ0v) is 12.6. The Balaban J connectivity index is 1.75. The lowest BCUT2D eigenvalue weighted by Crippen LogP contribution is -2.43. The monoisotopic (exact) mass is 306 g/mol. The van der Waals surface area contributed by atoms with E-state index in [0.29, 0.717) is 19.5 Å². The van der Waals surface area contributed by atoms with Crippen molar-refractivity contribution in [3.05, 3.63) is 42.4 Å². The lowest BCUT2D eigenvalue weighted by Gasteiger charge is -2.26. The van der Waals surface area contributed by atoms with Crippen LogP contribution in [0, 0.1) is 0 Å². The molecule has 2 N–H and O–H groups in total. The molecule has 0 saturated heterocycles. The van der Waals surface area contributed by atoms with Crippen LogP contribution in [0.2, 0.25) is 0 Å². The molecule has 3 rings (SSSR count). The predicted octanol–water partition coefficient (Wildman–Crippen LogP) is 1.22. The molecule has 1 unspecified atom stereocenters. The number of hydrogen-bond donors (Lipinski definition) is 2. The Labute approximate surface area is 124 Å². The van der Waals surface area contributed by atoms with Crippen molar-refractivity contribution in [2.45, 2.75) is 31.0 Å². The van der Waals surface area contributed by atoms with Gasteiger partial charge in [-0.15, -0.1) is 0 Å². The van der Waals surface area contributed by atoms with Gasteiger partial charge in [-0.1, -0.05) is 18.2 Å². The summed E-state index contributed by atoms with van der Waals surface area (Å²) >= 11 is 0. The van der Waals surface area contributed by atoms with Gasteiger partial charge >= 0.3 is 0 Å². The molecule has 0 fully saturated rings. The van der Waals surface area contributed by atoms with Crippen molar-refractivity contribution in [3.63, 3.8) is 0 Å². The van der Waals surface area contributed by atoms with Crippen LogP contribution in [0.15, 0.2) is 41.8 Å². The van der Waals surface area contributed by atoms with Gasteiger partial charge in [0.05, 0.1) is 6.33 Å². The summed E-state index contributed by atoms with van der Waals surface area (Å²) in [5, 5.41) is 3.32. The highest BCUT2D eigenvalue weighted by Crippen LogP contribution is 2.21. The molecule has 0 saturated carbocycles. The minimum Gasteiger partial charge on any atom is -0.383 e. The van der Waals surface area contributed by atoms with Gasteiger partial charge in [0.1, 0.15) is 0 Å². The third kappa shape index (κ3) is 2.93. The van der Waals surface area contributed by atoms with Gasteiger partial charge in [-0.3, -0.25) is 0 Å². The largest absolute Gasteiger partial charge is 0.383 e. The second kappa shape index (κ2) is 5.50. The van der Waals surface area contributed by atoms with E-state index in [9.17, 15) is 8.42 Å². The van der Waals surface area contributed by atoms with Crippen molar-refractivity contribution in [2.24, 2.45) is 0 Å². The number of imidazole rings is 1. The van der Waals surface area contributed by atoms with E-state index < -0.39 is 10.0 Å². The lowest BCUT2D eigenvalue weighted by atomic mass is 10.0. The average Bonchev–Trinajstić information content (AvgIpc) is 2.96. The number of aryl methyl sites for hydroxylation is 1. The number of sulfonamides is 1. The van der Waals surface area contributed by atoms with Crippen LogP contribution in [0.25, 0.3) is 0 Å². The molecule has 2 aromatic rings. The fourth-order valence-electron chi connectivity index (χ4n) is 2.46. The van der Waals surface area contributed by atoms with E-state index in [0.717, 1.165) is 11.3 Å². The van der Waals surface area contributed by atoms with Crippen LogP contribution in [0.4, 0.5) is 5.69 Å². The Morgan fingerprint density at radius 1 is 1.43 bits per heavy atom. The maximum atomic E-state index is 12.3. The summed E-state index contributed by atoms with van der Waals surface area (Å²) in [6.45, 7) is 3.21. The molecule has 0 spiro atoms. The first-order chi connectivity index (χ1) is 10.1. The van der Waals surface area contributed by atoms with Crippen molar-refractivity contribution in [1.82, 2.24) is 14.3 Å². The van der Waals surface area contributed by atoms with E-state index in [-0.39, 0.29) is 11.1 Å². The molecule has 1 atom stereocenters. The quantitative estimate of drug-likeness (QED) is 0.890. The van der Waals surface area contributed by atoms with Crippen LogP contribution >= 0.6 is 0 Å². The maximum absolute atomic E-state index is 12.3. The second-order valence-corrected chi connectivity index (χ2v) is 6.76. The van der Waals surface area contributed by atoms with Crippen LogP contribution < -0.4 is 10.0 Å². The van der Waals surface area contributed by atoms with Crippen molar-refractivity contribution in [3.8, 4) is 0 Å². The maximum Gasteiger partial charge on any atom is 0.259 e. The van der Waals surface area contributed by atoms with E-state index in [2.05, 4.69) is 15.0 Å². The van der Waals surface area contributed by atoms with Gasteiger partial charge in [-0.25, -0.2) is 18.1 Å². The molecule has 1 aliphatic heterocycles. The number of benzene rings is 1. The number of anilines is 1. The summed E-state index contributed by atoms with van der Waals surface area (Å²) in [4.78, 5) is 3.96. The molecule has 0 radical (unpaired) electrons. The van der Waals surface area contributed by atoms with E-state index in [1.807, 2.05) is 31.2 Å². The molecular formula is C14H18N4O2S. The van der Waals surface area contributed by atoms with Crippen LogP contribution in [0.5, 0.6) is 0 Å². The SMILES string of the molecule is CCn1cnc(S(=O)(=O)NC2CNc3ccccc3C2)c1. The third-order valence-corrected chi connectivity index (χ3v) is 5.00. The zero-order chi connectivity index (χ0) is 14.9. The van der Waals surface area contributed by atoms with E-state index in [1.54, 1.807) is 10.8 Å². The van der Waals surface area contributed by atoms with Gasteiger partial charge in [-0.2, -0.15) is 0 Å². The minimum absolute atomic E-state index is 0.0724. The van der Waals surface area contributed by atoms with Crippen molar-refractivity contribution in [2.75, 3.05) is 11.9 Å². The first-order valence-electron chi connectivity index (χ1n) is 6.94. The molecule has 0 aliphatic carbocycles. The van der Waals surface area contributed by atoms with E-state index >= 15 is 0 Å². The molecule has 0 amide bonds. The number of para-hydroxylation sites is 1. The molecule has 6 nitrogen and oxygen atoms in total. The minimum atomic E-state index is -3.57. The van der Waals surface area contributed by atoms with Gasteiger partial charge in [-0.05, 0) is 25.0 Å². The summed E-state index contributed by atoms with van der Waals surface area (Å²) in [5.74, 6) is 0. The molecule has 2 heterocycles. The highest BCUT2D eigenvalue weighted by atomic mass is 32.2. The molecule has 7 heteroatoms. The zero-order valence-electron chi connectivity index (χ0n) is 11.8. The second-order valence-electron chi connectivity index (χ2n) is 5.10. The number of nitrogens with zero attached hydrogens (tertiary/aromatic N) is 2. The molecule has 1 aliphatic rings. The summed E-state index contributed by atoms with van der Waals surface area (Å²) in [5.41, 5.74) is 2.19. The lowest BCUT2D eigenvalue weighted by molar-refractivity contribution is 0.546. The predicted molar refractivity (Wildman–Crippen MR) is 80.6 cm³/mol. The van der Waals surface area contributed by atoms with Gasteiger partial charge in [0.2, 0.25) is 0 Å². The fraction of sp³-hybridized carbons (Fsp3) is 0.357.